The SMILES string of the molecule is NCC#Cc1ccccc1OC1CCOC2(CCC2)C1. The summed E-state index contributed by atoms with van der Waals surface area (Å²) in [5.74, 6) is 6.84. The lowest BCUT2D eigenvalue weighted by Gasteiger charge is -2.46. The van der Waals surface area contributed by atoms with Gasteiger partial charge in [0, 0.05) is 12.8 Å². The smallest absolute Gasteiger partial charge is 0.135 e. The molecule has 2 fully saturated rings. The lowest BCUT2D eigenvalue weighted by atomic mass is 9.74. The van der Waals surface area contributed by atoms with Crippen LogP contribution in [0, 0.1) is 11.8 Å². The van der Waals surface area contributed by atoms with E-state index in [-0.39, 0.29) is 11.7 Å². The molecule has 2 aliphatic rings. The minimum absolute atomic E-state index is 0.112. The molecule has 0 amide bonds. The zero-order valence-corrected chi connectivity index (χ0v) is 11.7. The summed E-state index contributed by atoms with van der Waals surface area (Å²) in [5.41, 5.74) is 6.48. The molecule has 2 N–H and O–H groups in total. The first-order valence-electron chi connectivity index (χ1n) is 7.40. The first kappa shape index (κ1) is 13.5. The Labute approximate surface area is 120 Å². The van der Waals surface area contributed by atoms with E-state index in [1.54, 1.807) is 0 Å². The zero-order valence-electron chi connectivity index (χ0n) is 11.7. The van der Waals surface area contributed by atoms with Crippen LogP contribution in [0.5, 0.6) is 5.75 Å². The van der Waals surface area contributed by atoms with Crippen molar-refractivity contribution < 1.29 is 9.47 Å². The standard InChI is InChI=1S/C17H21NO2/c18-11-3-6-14-5-1-2-7-16(14)20-15-8-12-19-17(13-15)9-4-10-17/h1-2,5,7,15H,4,8-13,18H2. The van der Waals surface area contributed by atoms with Crippen LogP contribution in [0.3, 0.4) is 0 Å². The lowest BCUT2D eigenvalue weighted by Crippen LogP contribution is -2.48. The largest absolute Gasteiger partial charge is 0.489 e. The Morgan fingerprint density at radius 2 is 2.20 bits per heavy atom. The third-order valence-corrected chi connectivity index (χ3v) is 4.22. The van der Waals surface area contributed by atoms with Gasteiger partial charge in [0.2, 0.25) is 0 Å². The van der Waals surface area contributed by atoms with Crippen molar-refractivity contribution in [3.8, 4) is 17.6 Å². The highest BCUT2D eigenvalue weighted by atomic mass is 16.5. The summed E-state index contributed by atoms with van der Waals surface area (Å²) in [6.07, 6.45) is 5.85. The molecule has 1 saturated carbocycles. The van der Waals surface area contributed by atoms with E-state index in [1.807, 2.05) is 24.3 Å². The molecule has 1 aromatic carbocycles. The average molecular weight is 271 g/mol. The number of ether oxygens (including phenoxy) is 2. The summed E-state index contributed by atoms with van der Waals surface area (Å²) in [5, 5.41) is 0. The van der Waals surface area contributed by atoms with E-state index in [4.69, 9.17) is 15.2 Å². The van der Waals surface area contributed by atoms with E-state index >= 15 is 0 Å². The highest BCUT2D eigenvalue weighted by Gasteiger charge is 2.43. The predicted molar refractivity (Wildman–Crippen MR) is 78.6 cm³/mol. The first-order valence-corrected chi connectivity index (χ1v) is 7.40. The van der Waals surface area contributed by atoms with Gasteiger partial charge < -0.3 is 15.2 Å². The van der Waals surface area contributed by atoms with Gasteiger partial charge in [-0.1, -0.05) is 24.0 Å². The second-order valence-electron chi connectivity index (χ2n) is 5.62. The van der Waals surface area contributed by atoms with Crippen molar-refractivity contribution in [1.29, 1.82) is 0 Å². The Bertz CT molecular complexity index is 525. The maximum atomic E-state index is 6.19. The molecule has 1 saturated heterocycles. The Balaban J connectivity index is 1.71. The summed E-state index contributed by atoms with van der Waals surface area (Å²) < 4.78 is 12.1. The molecule has 1 aliphatic heterocycles. The number of hydrogen-bond acceptors (Lipinski definition) is 3. The molecule has 20 heavy (non-hydrogen) atoms. The summed E-state index contributed by atoms with van der Waals surface area (Å²) in [6, 6.07) is 7.94. The van der Waals surface area contributed by atoms with Gasteiger partial charge in [-0.3, -0.25) is 0 Å². The number of benzene rings is 1. The van der Waals surface area contributed by atoms with Crippen LogP contribution in [-0.4, -0.2) is 24.9 Å². The van der Waals surface area contributed by atoms with Gasteiger partial charge >= 0.3 is 0 Å². The quantitative estimate of drug-likeness (QED) is 0.840. The highest BCUT2D eigenvalue weighted by Crippen LogP contribution is 2.43. The van der Waals surface area contributed by atoms with Gasteiger partial charge in [0.1, 0.15) is 11.9 Å². The molecule has 0 radical (unpaired) electrons. The van der Waals surface area contributed by atoms with Crippen molar-refractivity contribution in [3.05, 3.63) is 29.8 Å². The Hall–Kier alpha value is -1.50. The maximum Gasteiger partial charge on any atom is 0.135 e. The molecule has 1 heterocycles. The van der Waals surface area contributed by atoms with Crippen LogP contribution in [0.25, 0.3) is 0 Å². The van der Waals surface area contributed by atoms with Crippen LogP contribution in [0.2, 0.25) is 0 Å². The van der Waals surface area contributed by atoms with Crippen LogP contribution in [0.15, 0.2) is 24.3 Å². The van der Waals surface area contributed by atoms with Crippen LogP contribution < -0.4 is 10.5 Å². The van der Waals surface area contributed by atoms with Crippen molar-refractivity contribution >= 4 is 0 Å². The van der Waals surface area contributed by atoms with Crippen LogP contribution >= 0.6 is 0 Å². The monoisotopic (exact) mass is 271 g/mol. The normalized spacial score (nSPS) is 23.6. The minimum atomic E-state index is 0.112. The van der Waals surface area contributed by atoms with Gasteiger partial charge in [0.25, 0.3) is 0 Å². The minimum Gasteiger partial charge on any atom is -0.489 e. The first-order chi connectivity index (χ1) is 9.81. The molecule has 1 atom stereocenters. The summed E-state index contributed by atoms with van der Waals surface area (Å²) >= 11 is 0. The van der Waals surface area contributed by atoms with Gasteiger partial charge in [-0.2, -0.15) is 0 Å². The fraction of sp³-hybridized carbons (Fsp3) is 0.529. The summed E-state index contributed by atoms with van der Waals surface area (Å²) in [7, 11) is 0. The molecule has 1 aromatic rings. The van der Waals surface area contributed by atoms with E-state index in [0.29, 0.717) is 6.54 Å². The molecule has 3 rings (SSSR count). The molecular weight excluding hydrogens is 250 g/mol. The Kier molecular flexibility index (Phi) is 3.95. The van der Waals surface area contributed by atoms with Crippen molar-refractivity contribution in [2.75, 3.05) is 13.2 Å². The van der Waals surface area contributed by atoms with Crippen LogP contribution in [0.4, 0.5) is 0 Å². The fourth-order valence-electron chi connectivity index (χ4n) is 3.00. The molecular formula is C17H21NO2. The lowest BCUT2D eigenvalue weighted by molar-refractivity contribution is -0.153. The predicted octanol–water partition coefficient (Wildman–Crippen LogP) is 2.48. The third-order valence-electron chi connectivity index (χ3n) is 4.22. The second kappa shape index (κ2) is 5.87. The van der Waals surface area contributed by atoms with Gasteiger partial charge in [-0.05, 0) is 31.4 Å². The Morgan fingerprint density at radius 3 is 2.95 bits per heavy atom. The number of nitrogens with two attached hydrogens (primary N) is 1. The van der Waals surface area contributed by atoms with E-state index < -0.39 is 0 Å². The number of para-hydroxylation sites is 1. The van der Waals surface area contributed by atoms with Gasteiger partial charge in [-0.25, -0.2) is 0 Å². The summed E-state index contributed by atoms with van der Waals surface area (Å²) in [6.45, 7) is 1.18. The summed E-state index contributed by atoms with van der Waals surface area (Å²) in [4.78, 5) is 0. The van der Waals surface area contributed by atoms with Crippen LogP contribution in [-0.2, 0) is 4.74 Å². The number of hydrogen-bond donors (Lipinski definition) is 1. The topological polar surface area (TPSA) is 44.5 Å². The van der Waals surface area contributed by atoms with Crippen LogP contribution in [0.1, 0.15) is 37.7 Å². The van der Waals surface area contributed by atoms with Crippen molar-refractivity contribution in [2.45, 2.75) is 43.8 Å². The third kappa shape index (κ3) is 2.82. The Morgan fingerprint density at radius 1 is 1.35 bits per heavy atom. The fourth-order valence-corrected chi connectivity index (χ4v) is 3.00. The molecule has 3 heteroatoms. The van der Waals surface area contributed by atoms with Crippen molar-refractivity contribution in [2.24, 2.45) is 5.73 Å². The van der Waals surface area contributed by atoms with Gasteiger partial charge in [-0.15, -0.1) is 0 Å². The van der Waals surface area contributed by atoms with Gasteiger partial charge in [0.05, 0.1) is 24.3 Å². The molecule has 106 valence electrons. The second-order valence-corrected chi connectivity index (χ2v) is 5.62. The molecule has 1 spiro atoms. The van der Waals surface area contributed by atoms with Crippen molar-refractivity contribution in [1.82, 2.24) is 0 Å². The molecule has 3 nitrogen and oxygen atoms in total. The molecule has 1 unspecified atom stereocenters. The number of rotatable bonds is 2. The molecule has 1 aliphatic carbocycles. The average Bonchev–Trinajstić information content (AvgIpc) is 2.45. The van der Waals surface area contributed by atoms with Crippen molar-refractivity contribution in [3.63, 3.8) is 0 Å². The maximum absolute atomic E-state index is 6.19. The van der Waals surface area contributed by atoms with E-state index in [9.17, 15) is 0 Å². The molecule has 0 aromatic heterocycles. The zero-order chi connectivity index (χ0) is 13.8. The van der Waals surface area contributed by atoms with E-state index in [2.05, 4.69) is 11.8 Å². The van der Waals surface area contributed by atoms with E-state index in [0.717, 1.165) is 30.8 Å². The van der Waals surface area contributed by atoms with Gasteiger partial charge in [0.15, 0.2) is 0 Å². The van der Waals surface area contributed by atoms with E-state index in [1.165, 1.54) is 19.3 Å². The molecule has 0 bridgehead atoms. The highest BCUT2D eigenvalue weighted by molar-refractivity contribution is 5.46.